The number of hydrogen-bond acceptors (Lipinski definition) is 4. The Morgan fingerprint density at radius 3 is 2.72 bits per heavy atom. The molecule has 9 heteroatoms. The van der Waals surface area contributed by atoms with E-state index in [-0.39, 0.29) is 18.5 Å². The average molecular weight is 450 g/mol. The Hall–Kier alpha value is -2.97. The summed E-state index contributed by atoms with van der Waals surface area (Å²) in [5.41, 5.74) is 3.10. The summed E-state index contributed by atoms with van der Waals surface area (Å²) < 4.78 is 41.8. The Kier molecular flexibility index (Phi) is 8.19. The molecule has 0 spiro atoms. The minimum atomic E-state index is -4.40. The van der Waals surface area contributed by atoms with Crippen molar-refractivity contribution in [3.63, 3.8) is 0 Å². The van der Waals surface area contributed by atoms with Gasteiger partial charge in [0.15, 0.2) is 12.6 Å². The zero-order chi connectivity index (χ0) is 23.0. The van der Waals surface area contributed by atoms with Crippen molar-refractivity contribution in [3.05, 3.63) is 53.7 Å². The molecule has 0 bridgehead atoms. The van der Waals surface area contributed by atoms with Crippen LogP contribution in [0.5, 0.6) is 5.88 Å². The van der Waals surface area contributed by atoms with Crippen LogP contribution in [0.1, 0.15) is 43.9 Å². The highest BCUT2D eigenvalue weighted by Crippen LogP contribution is 2.24. The SMILES string of the molecule is CCNC(=NCc1ccnc(OCC(F)(F)F)c1)NC(C)c1cccc(N2CCCC2)c1. The molecule has 3 rings (SSSR count). The van der Waals surface area contributed by atoms with Crippen LogP contribution >= 0.6 is 0 Å². The van der Waals surface area contributed by atoms with Crippen LogP contribution in [-0.4, -0.2) is 43.4 Å². The second-order valence-corrected chi connectivity index (χ2v) is 7.76. The van der Waals surface area contributed by atoms with Gasteiger partial charge in [-0.3, -0.25) is 0 Å². The molecule has 1 aromatic heterocycles. The molecule has 1 aliphatic heterocycles. The number of anilines is 1. The zero-order valence-corrected chi connectivity index (χ0v) is 18.5. The highest BCUT2D eigenvalue weighted by molar-refractivity contribution is 5.80. The Labute approximate surface area is 186 Å². The summed E-state index contributed by atoms with van der Waals surface area (Å²) in [4.78, 5) is 10.8. The third-order valence-electron chi connectivity index (χ3n) is 5.14. The van der Waals surface area contributed by atoms with Crippen LogP contribution in [0.15, 0.2) is 47.6 Å². The topological polar surface area (TPSA) is 61.8 Å². The molecule has 6 nitrogen and oxygen atoms in total. The van der Waals surface area contributed by atoms with Gasteiger partial charge in [0.05, 0.1) is 12.6 Å². The fourth-order valence-corrected chi connectivity index (χ4v) is 3.53. The molecule has 1 aromatic carbocycles. The lowest BCUT2D eigenvalue weighted by Gasteiger charge is -2.22. The molecule has 0 amide bonds. The zero-order valence-electron chi connectivity index (χ0n) is 18.5. The Morgan fingerprint density at radius 1 is 1.22 bits per heavy atom. The lowest BCUT2D eigenvalue weighted by atomic mass is 10.1. The number of ether oxygens (including phenoxy) is 1. The van der Waals surface area contributed by atoms with E-state index in [0.717, 1.165) is 18.7 Å². The molecule has 0 radical (unpaired) electrons. The van der Waals surface area contributed by atoms with Crippen LogP contribution in [0.4, 0.5) is 18.9 Å². The average Bonchev–Trinajstić information content (AvgIpc) is 3.31. The Morgan fingerprint density at radius 2 is 2.00 bits per heavy atom. The molecule has 174 valence electrons. The summed E-state index contributed by atoms with van der Waals surface area (Å²) in [5.74, 6) is 0.557. The first kappa shape index (κ1) is 23.7. The van der Waals surface area contributed by atoms with Crippen molar-refractivity contribution in [2.75, 3.05) is 31.1 Å². The third-order valence-corrected chi connectivity index (χ3v) is 5.14. The van der Waals surface area contributed by atoms with Crippen LogP contribution < -0.4 is 20.3 Å². The van der Waals surface area contributed by atoms with Gasteiger partial charge in [-0.25, -0.2) is 9.98 Å². The summed E-state index contributed by atoms with van der Waals surface area (Å²) in [6, 6.07) is 11.7. The second-order valence-electron chi connectivity index (χ2n) is 7.76. The van der Waals surface area contributed by atoms with E-state index >= 15 is 0 Å². The second kappa shape index (κ2) is 11.1. The van der Waals surface area contributed by atoms with E-state index in [9.17, 15) is 13.2 Å². The molecule has 32 heavy (non-hydrogen) atoms. The fraction of sp³-hybridized carbons (Fsp3) is 0.478. The maximum absolute atomic E-state index is 12.4. The standard InChI is InChI=1S/C23H30F3N5O/c1-3-27-22(29-15-18-9-10-28-21(13-18)32-16-23(24,25)26)30-17(2)19-7-6-8-20(14-19)31-11-4-5-12-31/h6-10,13-14,17H,3-5,11-12,15-16H2,1-2H3,(H2,27,29,30). The fourth-order valence-electron chi connectivity index (χ4n) is 3.53. The third kappa shape index (κ3) is 7.32. The number of nitrogens with zero attached hydrogens (tertiary/aromatic N) is 3. The summed E-state index contributed by atoms with van der Waals surface area (Å²) in [6.07, 6.45) is -0.524. The molecule has 0 aliphatic carbocycles. The van der Waals surface area contributed by atoms with Crippen molar-refractivity contribution < 1.29 is 17.9 Å². The van der Waals surface area contributed by atoms with Crippen molar-refractivity contribution in [3.8, 4) is 5.88 Å². The lowest BCUT2D eigenvalue weighted by Crippen LogP contribution is -2.38. The Balaban J connectivity index is 1.64. The van der Waals surface area contributed by atoms with Crippen LogP contribution in [0.3, 0.4) is 0 Å². The molecular weight excluding hydrogens is 419 g/mol. The molecule has 1 fully saturated rings. The van der Waals surface area contributed by atoms with Gasteiger partial charge in [-0.05, 0) is 56.0 Å². The number of benzene rings is 1. The van der Waals surface area contributed by atoms with Crippen LogP contribution in [0.2, 0.25) is 0 Å². The van der Waals surface area contributed by atoms with E-state index in [4.69, 9.17) is 4.74 Å². The van der Waals surface area contributed by atoms with Gasteiger partial charge < -0.3 is 20.3 Å². The predicted molar refractivity (Wildman–Crippen MR) is 120 cm³/mol. The van der Waals surface area contributed by atoms with Crippen LogP contribution in [-0.2, 0) is 6.54 Å². The number of nitrogens with one attached hydrogen (secondary N) is 2. The van der Waals surface area contributed by atoms with Crippen molar-refractivity contribution in [2.24, 2.45) is 4.99 Å². The highest BCUT2D eigenvalue weighted by Gasteiger charge is 2.28. The number of rotatable bonds is 8. The maximum Gasteiger partial charge on any atom is 0.422 e. The van der Waals surface area contributed by atoms with E-state index in [1.54, 1.807) is 6.07 Å². The van der Waals surface area contributed by atoms with E-state index in [2.05, 4.69) is 56.7 Å². The molecule has 2 heterocycles. The molecule has 2 N–H and O–H groups in total. The number of guanidine groups is 1. The first-order valence-electron chi connectivity index (χ1n) is 10.9. The molecule has 1 atom stereocenters. The summed E-state index contributed by atoms with van der Waals surface area (Å²) in [7, 11) is 0. The normalized spacial score (nSPS) is 15.5. The summed E-state index contributed by atoms with van der Waals surface area (Å²) >= 11 is 0. The van der Waals surface area contributed by atoms with Gasteiger partial charge in [-0.1, -0.05) is 12.1 Å². The number of pyridine rings is 1. The molecule has 1 unspecified atom stereocenters. The number of halogens is 3. The first-order chi connectivity index (χ1) is 15.3. The number of alkyl halides is 3. The lowest BCUT2D eigenvalue weighted by molar-refractivity contribution is -0.154. The van der Waals surface area contributed by atoms with E-state index in [0.29, 0.717) is 18.1 Å². The quantitative estimate of drug-likeness (QED) is 0.461. The van der Waals surface area contributed by atoms with E-state index < -0.39 is 12.8 Å². The molecule has 1 saturated heterocycles. The van der Waals surface area contributed by atoms with Crippen molar-refractivity contribution in [2.45, 2.75) is 45.5 Å². The molecule has 2 aromatic rings. The van der Waals surface area contributed by atoms with Crippen LogP contribution in [0, 0.1) is 0 Å². The van der Waals surface area contributed by atoms with E-state index in [1.165, 1.54) is 30.8 Å². The van der Waals surface area contributed by atoms with Crippen molar-refractivity contribution in [1.82, 2.24) is 15.6 Å². The first-order valence-corrected chi connectivity index (χ1v) is 10.9. The monoisotopic (exact) mass is 449 g/mol. The maximum atomic E-state index is 12.4. The number of aromatic nitrogens is 1. The predicted octanol–water partition coefficient (Wildman–Crippen LogP) is 4.44. The van der Waals surface area contributed by atoms with Gasteiger partial charge in [0.1, 0.15) is 0 Å². The minimum absolute atomic E-state index is 0.0264. The van der Waals surface area contributed by atoms with Gasteiger partial charge in [-0.15, -0.1) is 0 Å². The minimum Gasteiger partial charge on any atom is -0.468 e. The number of hydrogen-bond donors (Lipinski definition) is 2. The smallest absolute Gasteiger partial charge is 0.422 e. The number of aliphatic imine (C=N–C) groups is 1. The van der Waals surface area contributed by atoms with Gasteiger partial charge in [0, 0.05) is 37.6 Å². The van der Waals surface area contributed by atoms with Gasteiger partial charge >= 0.3 is 6.18 Å². The van der Waals surface area contributed by atoms with Gasteiger partial charge in [-0.2, -0.15) is 13.2 Å². The van der Waals surface area contributed by atoms with Crippen molar-refractivity contribution >= 4 is 11.6 Å². The largest absolute Gasteiger partial charge is 0.468 e. The molecule has 1 aliphatic rings. The highest BCUT2D eigenvalue weighted by atomic mass is 19.4. The van der Waals surface area contributed by atoms with Crippen LogP contribution in [0.25, 0.3) is 0 Å². The van der Waals surface area contributed by atoms with Gasteiger partial charge in [0.25, 0.3) is 0 Å². The summed E-state index contributed by atoms with van der Waals surface area (Å²) in [6.45, 7) is 5.83. The molecular formula is C23H30F3N5O. The Bertz CT molecular complexity index is 897. The van der Waals surface area contributed by atoms with Gasteiger partial charge in [0.2, 0.25) is 5.88 Å². The molecule has 0 saturated carbocycles. The van der Waals surface area contributed by atoms with E-state index in [1.807, 2.05) is 6.92 Å². The summed E-state index contributed by atoms with van der Waals surface area (Å²) in [5, 5.41) is 6.62. The van der Waals surface area contributed by atoms with Crippen molar-refractivity contribution in [1.29, 1.82) is 0 Å².